The standard InChI is InChI=1S/C51H30N4O2/c1-3-12-31(13-4-1)49-52-50(32-14-5-2-6-15-32)54-51(53-49)34-22-25-39-41-19-11-18-36(48(41)57-46(39)29-34)33-23-27-45-42(28-33)40-26-24-35(30-47(40)56-45)55-43-20-9-7-16-37(43)38-17-8-10-21-44(38)55/h1-30H. The van der Waals surface area contributed by atoms with Crippen molar-refractivity contribution in [1.29, 1.82) is 0 Å². The summed E-state index contributed by atoms with van der Waals surface area (Å²) < 4.78 is 15.6. The van der Waals surface area contributed by atoms with Crippen molar-refractivity contribution < 1.29 is 8.83 Å². The van der Waals surface area contributed by atoms with Crippen LogP contribution in [0.2, 0.25) is 0 Å². The van der Waals surface area contributed by atoms with Crippen molar-refractivity contribution in [1.82, 2.24) is 19.5 Å². The first-order valence-electron chi connectivity index (χ1n) is 19.0. The zero-order chi connectivity index (χ0) is 37.5. The summed E-state index contributed by atoms with van der Waals surface area (Å²) in [5.41, 5.74) is 11.5. The summed E-state index contributed by atoms with van der Waals surface area (Å²) in [6.07, 6.45) is 0. The van der Waals surface area contributed by atoms with E-state index in [1.54, 1.807) is 0 Å². The largest absolute Gasteiger partial charge is 0.456 e. The summed E-state index contributed by atoms with van der Waals surface area (Å²) >= 11 is 0. The Morgan fingerprint density at radius 3 is 1.60 bits per heavy atom. The molecular formula is C51H30N4O2. The van der Waals surface area contributed by atoms with Gasteiger partial charge in [0, 0.05) is 66.3 Å². The molecule has 266 valence electrons. The third-order valence-electron chi connectivity index (χ3n) is 11.1. The zero-order valence-electron chi connectivity index (χ0n) is 30.4. The molecule has 6 nitrogen and oxygen atoms in total. The summed E-state index contributed by atoms with van der Waals surface area (Å²) in [4.78, 5) is 14.8. The molecule has 4 heterocycles. The lowest BCUT2D eigenvalue weighted by molar-refractivity contribution is 0.668. The van der Waals surface area contributed by atoms with E-state index in [1.165, 1.54) is 21.8 Å². The summed E-state index contributed by atoms with van der Waals surface area (Å²) in [6, 6.07) is 62.7. The summed E-state index contributed by atoms with van der Waals surface area (Å²) in [7, 11) is 0. The average Bonchev–Trinajstić information content (AvgIpc) is 3.95. The van der Waals surface area contributed by atoms with Gasteiger partial charge < -0.3 is 13.4 Å². The highest BCUT2D eigenvalue weighted by molar-refractivity contribution is 6.13. The minimum Gasteiger partial charge on any atom is -0.456 e. The highest BCUT2D eigenvalue weighted by atomic mass is 16.3. The van der Waals surface area contributed by atoms with E-state index in [-0.39, 0.29) is 0 Å². The van der Waals surface area contributed by atoms with Crippen LogP contribution >= 0.6 is 0 Å². The van der Waals surface area contributed by atoms with Gasteiger partial charge in [-0.1, -0.05) is 127 Å². The normalized spacial score (nSPS) is 11.9. The van der Waals surface area contributed by atoms with Gasteiger partial charge in [-0.2, -0.15) is 0 Å². The van der Waals surface area contributed by atoms with Gasteiger partial charge >= 0.3 is 0 Å². The number of aromatic nitrogens is 4. The molecule has 0 unspecified atom stereocenters. The SMILES string of the molecule is c1ccc(-c2nc(-c3ccccc3)nc(-c3ccc4c(c3)oc3c(-c5ccc6oc7cc(-n8c9ccccc9c9ccccc98)ccc7c6c5)cccc34)n2)cc1. The van der Waals surface area contributed by atoms with E-state index in [1.807, 2.05) is 66.7 Å². The van der Waals surface area contributed by atoms with Crippen molar-refractivity contribution in [2.45, 2.75) is 0 Å². The molecule has 12 aromatic rings. The smallest absolute Gasteiger partial charge is 0.164 e. The van der Waals surface area contributed by atoms with Crippen LogP contribution < -0.4 is 0 Å². The van der Waals surface area contributed by atoms with Crippen LogP contribution in [0.25, 0.3) is 117 Å². The molecule has 12 rings (SSSR count). The van der Waals surface area contributed by atoms with Gasteiger partial charge in [-0.3, -0.25) is 0 Å². The molecule has 4 aromatic heterocycles. The maximum atomic E-state index is 6.74. The number of hydrogen-bond donors (Lipinski definition) is 0. The van der Waals surface area contributed by atoms with E-state index in [2.05, 4.69) is 120 Å². The lowest BCUT2D eigenvalue weighted by atomic mass is 10.00. The fourth-order valence-electron chi connectivity index (χ4n) is 8.38. The Morgan fingerprint density at radius 1 is 0.333 bits per heavy atom. The van der Waals surface area contributed by atoms with Gasteiger partial charge in [0.1, 0.15) is 22.3 Å². The molecule has 6 heteroatoms. The van der Waals surface area contributed by atoms with Crippen molar-refractivity contribution in [3.8, 4) is 51.0 Å². The van der Waals surface area contributed by atoms with Crippen molar-refractivity contribution in [3.63, 3.8) is 0 Å². The van der Waals surface area contributed by atoms with Crippen molar-refractivity contribution in [2.24, 2.45) is 0 Å². The first-order chi connectivity index (χ1) is 28.2. The number of nitrogens with zero attached hydrogens (tertiary/aromatic N) is 4. The predicted molar refractivity (Wildman–Crippen MR) is 230 cm³/mol. The maximum Gasteiger partial charge on any atom is 0.164 e. The highest BCUT2D eigenvalue weighted by Crippen LogP contribution is 2.40. The summed E-state index contributed by atoms with van der Waals surface area (Å²) in [5, 5.41) is 6.68. The topological polar surface area (TPSA) is 69.9 Å². The Bertz CT molecular complexity index is 3410. The van der Waals surface area contributed by atoms with Crippen LogP contribution in [0.3, 0.4) is 0 Å². The Hall–Kier alpha value is -7.83. The van der Waals surface area contributed by atoms with E-state index in [0.717, 1.165) is 77.4 Å². The van der Waals surface area contributed by atoms with Gasteiger partial charge in [0.05, 0.1) is 11.0 Å². The third-order valence-corrected chi connectivity index (χ3v) is 11.1. The Kier molecular flexibility index (Phi) is 6.83. The molecule has 0 atom stereocenters. The van der Waals surface area contributed by atoms with Crippen LogP contribution in [0.4, 0.5) is 0 Å². The molecule has 0 amide bonds. The number of hydrogen-bond acceptors (Lipinski definition) is 5. The van der Waals surface area contributed by atoms with E-state index >= 15 is 0 Å². The molecule has 0 saturated heterocycles. The molecular weight excluding hydrogens is 701 g/mol. The molecule has 0 aliphatic carbocycles. The lowest BCUT2D eigenvalue weighted by Crippen LogP contribution is -2.00. The molecule has 0 aliphatic heterocycles. The first-order valence-corrected chi connectivity index (χ1v) is 19.0. The van der Waals surface area contributed by atoms with Crippen molar-refractivity contribution in [2.75, 3.05) is 0 Å². The van der Waals surface area contributed by atoms with Gasteiger partial charge in [0.15, 0.2) is 17.5 Å². The number of rotatable bonds is 5. The second-order valence-electron chi connectivity index (χ2n) is 14.4. The number of fused-ring (bicyclic) bond motifs is 9. The van der Waals surface area contributed by atoms with Gasteiger partial charge in [0.25, 0.3) is 0 Å². The molecule has 8 aromatic carbocycles. The minimum absolute atomic E-state index is 0.587. The van der Waals surface area contributed by atoms with E-state index < -0.39 is 0 Å². The average molecular weight is 731 g/mol. The fraction of sp³-hybridized carbons (Fsp3) is 0. The highest BCUT2D eigenvalue weighted by Gasteiger charge is 2.18. The Labute approximate surface area is 325 Å². The van der Waals surface area contributed by atoms with Crippen LogP contribution in [0, 0.1) is 0 Å². The molecule has 57 heavy (non-hydrogen) atoms. The van der Waals surface area contributed by atoms with Crippen LogP contribution in [0.15, 0.2) is 191 Å². The lowest BCUT2D eigenvalue weighted by Gasteiger charge is -2.08. The van der Waals surface area contributed by atoms with Gasteiger partial charge in [-0.25, -0.2) is 15.0 Å². The van der Waals surface area contributed by atoms with Crippen molar-refractivity contribution >= 4 is 65.7 Å². The van der Waals surface area contributed by atoms with Crippen LogP contribution in [0.5, 0.6) is 0 Å². The van der Waals surface area contributed by atoms with Crippen LogP contribution in [-0.4, -0.2) is 19.5 Å². The van der Waals surface area contributed by atoms with E-state index in [9.17, 15) is 0 Å². The van der Waals surface area contributed by atoms with Crippen molar-refractivity contribution in [3.05, 3.63) is 182 Å². The first kappa shape index (κ1) is 31.5. The molecule has 0 N–H and O–H groups in total. The molecule has 0 spiro atoms. The molecule has 0 saturated carbocycles. The number of benzene rings is 8. The fourth-order valence-corrected chi connectivity index (χ4v) is 8.38. The molecule has 0 radical (unpaired) electrons. The quantitative estimate of drug-likeness (QED) is 0.176. The number of para-hydroxylation sites is 3. The van der Waals surface area contributed by atoms with E-state index in [4.69, 9.17) is 23.8 Å². The minimum atomic E-state index is 0.587. The van der Waals surface area contributed by atoms with Gasteiger partial charge in [0.2, 0.25) is 0 Å². The predicted octanol–water partition coefficient (Wildman–Crippen LogP) is 13.4. The van der Waals surface area contributed by atoms with E-state index in [0.29, 0.717) is 17.5 Å². The second kappa shape index (κ2) is 12.3. The third kappa shape index (κ3) is 5.01. The van der Waals surface area contributed by atoms with Gasteiger partial charge in [-0.15, -0.1) is 0 Å². The molecule has 0 fully saturated rings. The van der Waals surface area contributed by atoms with Gasteiger partial charge in [-0.05, 0) is 54.1 Å². The van der Waals surface area contributed by atoms with Crippen LogP contribution in [-0.2, 0) is 0 Å². The monoisotopic (exact) mass is 730 g/mol. The van der Waals surface area contributed by atoms with Crippen LogP contribution in [0.1, 0.15) is 0 Å². The second-order valence-corrected chi connectivity index (χ2v) is 14.4. The molecule has 0 bridgehead atoms. The summed E-state index contributed by atoms with van der Waals surface area (Å²) in [5.74, 6) is 1.83. The molecule has 0 aliphatic rings. The Balaban J connectivity index is 0.960. The number of furan rings is 2. The summed E-state index contributed by atoms with van der Waals surface area (Å²) in [6.45, 7) is 0. The Morgan fingerprint density at radius 2 is 0.895 bits per heavy atom. The zero-order valence-corrected chi connectivity index (χ0v) is 30.4. The maximum absolute atomic E-state index is 6.74.